The summed E-state index contributed by atoms with van der Waals surface area (Å²) in [5.74, 6) is -5.24. The highest BCUT2D eigenvalue weighted by Gasteiger charge is 2.86. The Hall–Kier alpha value is -0.850. The van der Waals surface area contributed by atoms with Gasteiger partial charge in [0.2, 0.25) is 5.79 Å². The number of esters is 1. The van der Waals surface area contributed by atoms with E-state index < -0.39 is 82.1 Å². The second-order valence-corrected chi connectivity index (χ2v) is 16.0. The predicted molar refractivity (Wildman–Crippen MR) is 149 cm³/mol. The summed E-state index contributed by atoms with van der Waals surface area (Å²) in [7, 11) is 0. The first-order valence-corrected chi connectivity index (χ1v) is 16.4. The highest BCUT2D eigenvalue weighted by molar-refractivity contribution is 5.72. The number of nitrogens with zero attached hydrogens (tertiary/aromatic N) is 1. The van der Waals surface area contributed by atoms with E-state index in [-0.39, 0.29) is 30.7 Å². The summed E-state index contributed by atoms with van der Waals surface area (Å²) in [4.78, 5) is 15.1. The molecule has 7 rings (SSSR count). The molecule has 6 N–H and O–H groups in total. The standard InChI is InChI=1S/C32H51NO9/c1-6-16(3)27(37)41-22-9-10-28(4)20-11-19(34)25-30(28,42-32(20,22)40)12-18-17-14-33-13-15(2)7-8-21(33)29(5,38)23(17)24(35)26(36)31(18,25)39/h15-26,34-36,38-40H,6-14H2,1-5H3/t15?,16?,17?,18?,19-,20?,21?,22?,23?,24?,25?,26+,28?,29?,30-,31+,32+/m1/s1. The van der Waals surface area contributed by atoms with Crippen LogP contribution in [0.5, 0.6) is 0 Å². The highest BCUT2D eigenvalue weighted by Crippen LogP contribution is 2.77. The van der Waals surface area contributed by atoms with Gasteiger partial charge in [-0.05, 0) is 69.6 Å². The zero-order chi connectivity index (χ0) is 30.4. The summed E-state index contributed by atoms with van der Waals surface area (Å²) in [5.41, 5.74) is -5.07. The molecule has 1 spiro atoms. The minimum absolute atomic E-state index is 0.117. The van der Waals surface area contributed by atoms with Crippen molar-refractivity contribution in [2.24, 2.45) is 46.8 Å². The highest BCUT2D eigenvalue weighted by atomic mass is 16.7. The molecule has 3 saturated heterocycles. The Morgan fingerprint density at radius 1 is 1.10 bits per heavy atom. The van der Waals surface area contributed by atoms with E-state index >= 15 is 0 Å². The Labute approximate surface area is 248 Å². The van der Waals surface area contributed by atoms with Gasteiger partial charge in [-0.25, -0.2) is 0 Å². The van der Waals surface area contributed by atoms with Crippen molar-refractivity contribution in [3.8, 4) is 0 Å². The van der Waals surface area contributed by atoms with E-state index in [1.807, 2.05) is 13.8 Å². The third-order valence-corrected chi connectivity index (χ3v) is 14.1. The van der Waals surface area contributed by atoms with Gasteiger partial charge in [-0.3, -0.25) is 9.69 Å². The van der Waals surface area contributed by atoms with Crippen molar-refractivity contribution in [1.82, 2.24) is 4.90 Å². The Bertz CT molecular complexity index is 1140. The van der Waals surface area contributed by atoms with Crippen molar-refractivity contribution < 1.29 is 44.9 Å². The monoisotopic (exact) mass is 593 g/mol. The number of aliphatic hydroxyl groups excluding tert-OH is 3. The van der Waals surface area contributed by atoms with Crippen LogP contribution in [0.2, 0.25) is 0 Å². The molecule has 10 heteroatoms. The van der Waals surface area contributed by atoms with Crippen LogP contribution in [-0.4, -0.2) is 108 Å². The summed E-state index contributed by atoms with van der Waals surface area (Å²) in [6, 6.07) is -0.152. The van der Waals surface area contributed by atoms with Gasteiger partial charge >= 0.3 is 5.97 Å². The first kappa shape index (κ1) is 29.8. The first-order valence-electron chi connectivity index (χ1n) is 16.4. The Balaban J connectivity index is 1.31. The van der Waals surface area contributed by atoms with E-state index in [4.69, 9.17) is 9.47 Å². The Morgan fingerprint density at radius 3 is 2.50 bits per heavy atom. The molecule has 7 fully saturated rings. The topological polar surface area (TPSA) is 160 Å². The van der Waals surface area contributed by atoms with Gasteiger partial charge in [-0.2, -0.15) is 0 Å². The van der Waals surface area contributed by atoms with Crippen molar-refractivity contribution in [3.63, 3.8) is 0 Å². The van der Waals surface area contributed by atoms with Gasteiger partial charge < -0.3 is 40.1 Å². The fraction of sp³-hybridized carbons (Fsp3) is 0.969. The molecule has 0 aromatic carbocycles. The molecule has 0 aromatic rings. The lowest BCUT2D eigenvalue weighted by Gasteiger charge is -2.63. The van der Waals surface area contributed by atoms with Gasteiger partial charge in [-0.1, -0.05) is 27.7 Å². The second kappa shape index (κ2) is 9.12. The number of carbonyl (C=O) groups is 1. The van der Waals surface area contributed by atoms with Crippen LogP contribution in [0.4, 0.5) is 0 Å². The molecule has 0 aromatic heterocycles. The van der Waals surface area contributed by atoms with E-state index in [2.05, 4.69) is 11.8 Å². The van der Waals surface area contributed by atoms with Crippen molar-refractivity contribution >= 4 is 5.97 Å². The average molecular weight is 594 g/mol. The fourth-order valence-electron chi connectivity index (χ4n) is 11.9. The van der Waals surface area contributed by atoms with Crippen LogP contribution >= 0.6 is 0 Å². The fourth-order valence-corrected chi connectivity index (χ4v) is 11.9. The maximum Gasteiger partial charge on any atom is 0.309 e. The third kappa shape index (κ3) is 3.36. The molecule has 10 nitrogen and oxygen atoms in total. The summed E-state index contributed by atoms with van der Waals surface area (Å²) in [6.07, 6.45) is -1.31. The summed E-state index contributed by atoms with van der Waals surface area (Å²) in [6.45, 7) is 11.1. The number of hydrogen-bond acceptors (Lipinski definition) is 10. The van der Waals surface area contributed by atoms with Gasteiger partial charge in [0, 0.05) is 42.3 Å². The number of fused-ring (bicyclic) bond motifs is 5. The number of rotatable bonds is 3. The molecule has 7 aliphatic rings. The second-order valence-electron chi connectivity index (χ2n) is 16.0. The molecule has 12 unspecified atom stereocenters. The van der Waals surface area contributed by atoms with Gasteiger partial charge in [-0.15, -0.1) is 0 Å². The number of piperidine rings is 2. The van der Waals surface area contributed by atoms with Crippen LogP contribution in [0, 0.1) is 46.8 Å². The minimum Gasteiger partial charge on any atom is -0.456 e. The Kier molecular flexibility index (Phi) is 6.48. The maximum absolute atomic E-state index is 12.8. The lowest BCUT2D eigenvalue weighted by Crippen LogP contribution is -2.76. The van der Waals surface area contributed by atoms with Crippen LogP contribution in [0.25, 0.3) is 0 Å². The molecule has 3 heterocycles. The van der Waals surface area contributed by atoms with Gasteiger partial charge in [0.05, 0.1) is 29.3 Å². The Morgan fingerprint density at radius 2 is 1.81 bits per heavy atom. The largest absolute Gasteiger partial charge is 0.456 e. The SMILES string of the molecule is CCC(C)C(=O)OC1CCC2(C)C3C[C@@H](O)C4[C@@]5(O)C(C[C@@]42O[C@]13O)C1CN2CC(C)CCC2C(C)(O)C1C(O)[C@@H]5O. The minimum atomic E-state index is -1.89. The number of aliphatic hydroxyl groups is 6. The third-order valence-electron chi connectivity index (χ3n) is 14.1. The summed E-state index contributed by atoms with van der Waals surface area (Å²) >= 11 is 0. The molecule has 4 bridgehead atoms. The van der Waals surface area contributed by atoms with Gasteiger partial charge in [0.1, 0.15) is 11.7 Å². The van der Waals surface area contributed by atoms with Gasteiger partial charge in [0.15, 0.2) is 6.10 Å². The quantitative estimate of drug-likeness (QED) is 0.258. The van der Waals surface area contributed by atoms with Crippen molar-refractivity contribution in [1.29, 1.82) is 0 Å². The molecule has 3 aliphatic heterocycles. The molecule has 4 saturated carbocycles. The van der Waals surface area contributed by atoms with Crippen LogP contribution in [0.3, 0.4) is 0 Å². The molecule has 0 radical (unpaired) electrons. The lowest BCUT2D eigenvalue weighted by atomic mass is 9.49. The van der Waals surface area contributed by atoms with Crippen LogP contribution in [0.15, 0.2) is 0 Å². The van der Waals surface area contributed by atoms with Crippen LogP contribution < -0.4 is 0 Å². The molecule has 17 atom stereocenters. The number of hydrogen-bond donors (Lipinski definition) is 6. The molecule has 238 valence electrons. The summed E-state index contributed by atoms with van der Waals surface area (Å²) in [5, 5.41) is 72.3. The lowest BCUT2D eigenvalue weighted by molar-refractivity contribution is -0.297. The predicted octanol–water partition coefficient (Wildman–Crippen LogP) is 0.783. The normalized spacial score (nSPS) is 60.6. The van der Waals surface area contributed by atoms with Crippen molar-refractivity contribution in [3.05, 3.63) is 0 Å². The van der Waals surface area contributed by atoms with Gasteiger partial charge in [0.25, 0.3) is 0 Å². The van der Waals surface area contributed by atoms with Crippen LogP contribution in [0.1, 0.15) is 79.6 Å². The molecule has 42 heavy (non-hydrogen) atoms. The molecule has 4 aliphatic carbocycles. The van der Waals surface area contributed by atoms with E-state index in [0.717, 1.165) is 19.4 Å². The van der Waals surface area contributed by atoms with Crippen molar-refractivity contribution in [2.75, 3.05) is 13.1 Å². The smallest absolute Gasteiger partial charge is 0.309 e. The zero-order valence-corrected chi connectivity index (χ0v) is 25.6. The number of ether oxygens (including phenoxy) is 2. The van der Waals surface area contributed by atoms with Crippen LogP contribution in [-0.2, 0) is 14.3 Å². The van der Waals surface area contributed by atoms with E-state index in [1.54, 1.807) is 13.8 Å². The van der Waals surface area contributed by atoms with E-state index in [0.29, 0.717) is 31.7 Å². The average Bonchev–Trinajstić information content (AvgIpc) is 3.21. The first-order chi connectivity index (χ1) is 19.6. The molecular formula is C32H51NO9. The number of carbonyl (C=O) groups excluding carboxylic acids is 1. The van der Waals surface area contributed by atoms with Crippen molar-refractivity contribution in [2.45, 2.75) is 133 Å². The maximum atomic E-state index is 12.8. The molecular weight excluding hydrogens is 542 g/mol. The van der Waals surface area contributed by atoms with E-state index in [1.165, 1.54) is 0 Å². The summed E-state index contributed by atoms with van der Waals surface area (Å²) < 4.78 is 12.7. The molecule has 0 amide bonds. The zero-order valence-electron chi connectivity index (χ0n) is 25.6. The van der Waals surface area contributed by atoms with E-state index in [9.17, 15) is 35.4 Å².